The van der Waals surface area contributed by atoms with Crippen LogP contribution >= 0.6 is 11.6 Å². The van der Waals surface area contributed by atoms with Crippen LogP contribution in [-0.2, 0) is 0 Å². The predicted octanol–water partition coefficient (Wildman–Crippen LogP) is 2.84. The Bertz CT molecular complexity index is 334. The molecule has 0 aliphatic heterocycles. The Morgan fingerprint density at radius 2 is 1.77 bits per heavy atom. The monoisotopic (exact) mass is 211 g/mol. The molecule has 0 radical (unpaired) electrons. The molecule has 1 aromatic rings. The van der Waals surface area contributed by atoms with Gasteiger partial charge in [0, 0.05) is 5.02 Å². The summed E-state index contributed by atoms with van der Waals surface area (Å²) in [6, 6.07) is 1.38. The molecule has 1 rings (SSSR count). The van der Waals surface area contributed by atoms with Gasteiger partial charge in [0.25, 0.3) is 0 Å². The van der Waals surface area contributed by atoms with Crippen molar-refractivity contribution in [1.82, 2.24) is 0 Å². The van der Waals surface area contributed by atoms with Crippen molar-refractivity contribution < 1.29 is 17.3 Å². The van der Waals surface area contributed by atoms with Gasteiger partial charge in [0.15, 0.2) is 0 Å². The van der Waals surface area contributed by atoms with Gasteiger partial charge in [-0.05, 0) is 18.6 Å². The third-order valence-electron chi connectivity index (χ3n) is 1.60. The summed E-state index contributed by atoms with van der Waals surface area (Å²) in [7, 11) is 0. The van der Waals surface area contributed by atoms with Crippen molar-refractivity contribution in [3.63, 3.8) is 0 Å². The van der Waals surface area contributed by atoms with E-state index in [1.807, 2.05) is 0 Å². The third kappa shape index (κ3) is 2.15. The molecule has 0 amide bonds. The Balaban J connectivity index is 3.37. The largest absolute Gasteiger partial charge is 0.511 e. The topological polar surface area (TPSA) is 0 Å². The van der Waals surface area contributed by atoms with Crippen molar-refractivity contribution in [2.45, 2.75) is 6.92 Å². The van der Waals surface area contributed by atoms with Gasteiger partial charge in [-0.15, -0.1) is 0 Å². The van der Waals surface area contributed by atoms with E-state index in [-0.39, 0.29) is 5.56 Å². The van der Waals surface area contributed by atoms with E-state index in [4.69, 9.17) is 11.6 Å². The van der Waals surface area contributed by atoms with E-state index < -0.39 is 23.3 Å². The molecule has 0 saturated heterocycles. The van der Waals surface area contributed by atoms with E-state index in [2.05, 4.69) is 0 Å². The second-order valence-electron chi connectivity index (χ2n) is 2.70. The van der Waals surface area contributed by atoms with Crippen LogP contribution in [0.15, 0.2) is 12.1 Å². The number of hydrogen-bond acceptors (Lipinski definition) is 0. The van der Waals surface area contributed by atoms with Crippen LogP contribution in [0.4, 0.5) is 17.3 Å². The van der Waals surface area contributed by atoms with Crippen LogP contribution in [0.25, 0.3) is 0 Å². The number of benzene rings is 1. The van der Waals surface area contributed by atoms with Crippen LogP contribution in [0.5, 0.6) is 0 Å². The minimum absolute atomic E-state index is 0.0934. The number of halogens is 5. The average molecular weight is 211 g/mol. The second kappa shape index (κ2) is 3.22. The molecule has 0 fully saturated rings. The first-order valence-electron chi connectivity index (χ1n) is 3.48. The molecule has 13 heavy (non-hydrogen) atoms. The van der Waals surface area contributed by atoms with Gasteiger partial charge in [0.1, 0.15) is 5.82 Å². The van der Waals surface area contributed by atoms with Gasteiger partial charge in [-0.3, -0.25) is 0 Å². The molecular formula is C7H5BClF4-. The van der Waals surface area contributed by atoms with Crippen LogP contribution in [0.2, 0.25) is 5.02 Å². The molecule has 0 atom stereocenters. The maximum absolute atomic E-state index is 12.6. The molecule has 0 heterocycles. The molecule has 0 bridgehead atoms. The van der Waals surface area contributed by atoms with Gasteiger partial charge in [-0.1, -0.05) is 23.1 Å². The molecule has 0 aliphatic carbocycles. The highest BCUT2D eigenvalue weighted by molar-refractivity contribution is 6.76. The minimum Gasteiger partial charge on any atom is -0.445 e. The lowest BCUT2D eigenvalue weighted by atomic mass is 9.79. The highest BCUT2D eigenvalue weighted by atomic mass is 35.5. The molecule has 6 heteroatoms. The van der Waals surface area contributed by atoms with E-state index in [9.17, 15) is 17.3 Å². The zero-order chi connectivity index (χ0) is 10.2. The third-order valence-corrected chi connectivity index (χ3v) is 2.12. The summed E-state index contributed by atoms with van der Waals surface area (Å²) in [5, 5.41) is -0.422. The van der Waals surface area contributed by atoms with Gasteiger partial charge >= 0.3 is 6.98 Å². The lowest BCUT2D eigenvalue weighted by Crippen LogP contribution is -2.35. The molecule has 72 valence electrons. The Labute approximate surface area is 77.6 Å². The fourth-order valence-electron chi connectivity index (χ4n) is 0.990. The van der Waals surface area contributed by atoms with Gasteiger partial charge in [0.2, 0.25) is 0 Å². The van der Waals surface area contributed by atoms with Crippen molar-refractivity contribution in [2.24, 2.45) is 0 Å². The maximum atomic E-state index is 12.6. The van der Waals surface area contributed by atoms with Gasteiger partial charge in [0.05, 0.1) is 0 Å². The Hall–Kier alpha value is -0.705. The average Bonchev–Trinajstić information content (AvgIpc) is 1.94. The summed E-state index contributed by atoms with van der Waals surface area (Å²) in [5.74, 6) is -0.920. The highest BCUT2D eigenvalue weighted by Gasteiger charge is 2.29. The van der Waals surface area contributed by atoms with Crippen LogP contribution in [-0.4, -0.2) is 6.98 Å². The molecule has 0 N–H and O–H groups in total. The summed E-state index contributed by atoms with van der Waals surface area (Å²) in [4.78, 5) is 0. The standard InChI is InChI=1S/C7H5BClF4/c1-4-2-5(10)3-6(7(4)9)8(11,12)13/h2-3H,1H3/q-1. The van der Waals surface area contributed by atoms with Crippen LogP contribution in [0, 0.1) is 12.7 Å². The van der Waals surface area contributed by atoms with E-state index in [0.717, 1.165) is 6.07 Å². The van der Waals surface area contributed by atoms with E-state index in [1.165, 1.54) is 6.92 Å². The van der Waals surface area contributed by atoms with E-state index in [1.54, 1.807) is 0 Å². The molecule has 0 spiro atoms. The number of aryl methyl sites for hydroxylation is 1. The SMILES string of the molecule is Cc1cc(F)cc([B-](F)(F)F)c1Cl. The van der Waals surface area contributed by atoms with Gasteiger partial charge in [-0.2, -0.15) is 0 Å². The number of rotatable bonds is 1. The zero-order valence-corrected chi connectivity index (χ0v) is 7.38. The molecule has 0 aromatic heterocycles. The molecule has 0 saturated carbocycles. The van der Waals surface area contributed by atoms with Crippen molar-refractivity contribution >= 4 is 24.0 Å². The lowest BCUT2D eigenvalue weighted by Gasteiger charge is -2.17. The summed E-state index contributed by atoms with van der Waals surface area (Å²) >= 11 is 5.38. The quantitative estimate of drug-likeness (QED) is 0.495. The number of hydrogen-bond donors (Lipinski definition) is 0. The smallest absolute Gasteiger partial charge is 0.445 e. The first-order valence-corrected chi connectivity index (χ1v) is 3.85. The first kappa shape index (κ1) is 10.4. The normalized spacial score (nSPS) is 11.8. The van der Waals surface area contributed by atoms with Crippen molar-refractivity contribution in [1.29, 1.82) is 0 Å². The summed E-state index contributed by atoms with van der Waals surface area (Å²) in [6.45, 7) is -3.91. The summed E-state index contributed by atoms with van der Waals surface area (Å²) < 4.78 is 49.2. The van der Waals surface area contributed by atoms with Crippen LogP contribution in [0.3, 0.4) is 0 Å². The van der Waals surface area contributed by atoms with Crippen molar-refractivity contribution in [3.8, 4) is 0 Å². The Morgan fingerprint density at radius 1 is 1.23 bits per heavy atom. The summed E-state index contributed by atoms with van der Waals surface area (Å²) in [5.41, 5.74) is -0.977. The Morgan fingerprint density at radius 3 is 2.23 bits per heavy atom. The van der Waals surface area contributed by atoms with E-state index >= 15 is 0 Å². The fourth-order valence-corrected chi connectivity index (χ4v) is 1.22. The molecular weight excluding hydrogens is 206 g/mol. The van der Waals surface area contributed by atoms with Crippen molar-refractivity contribution in [3.05, 3.63) is 28.5 Å². The molecule has 0 aliphatic rings. The van der Waals surface area contributed by atoms with Crippen LogP contribution < -0.4 is 5.46 Å². The first-order chi connectivity index (χ1) is 5.82. The molecule has 1 aromatic carbocycles. The van der Waals surface area contributed by atoms with Gasteiger partial charge < -0.3 is 12.9 Å². The highest BCUT2D eigenvalue weighted by Crippen LogP contribution is 2.20. The van der Waals surface area contributed by atoms with Crippen molar-refractivity contribution in [2.75, 3.05) is 0 Å². The molecule has 0 unspecified atom stereocenters. The maximum Gasteiger partial charge on any atom is 0.511 e. The second-order valence-corrected chi connectivity index (χ2v) is 3.08. The zero-order valence-electron chi connectivity index (χ0n) is 6.62. The minimum atomic E-state index is -5.24. The Kier molecular flexibility index (Phi) is 2.57. The summed E-state index contributed by atoms with van der Waals surface area (Å²) in [6.07, 6.45) is 0. The fraction of sp³-hybridized carbons (Fsp3) is 0.143. The predicted molar refractivity (Wildman–Crippen MR) is 44.9 cm³/mol. The van der Waals surface area contributed by atoms with E-state index in [0.29, 0.717) is 6.07 Å². The lowest BCUT2D eigenvalue weighted by molar-refractivity contribution is 0.500. The van der Waals surface area contributed by atoms with Crippen LogP contribution in [0.1, 0.15) is 5.56 Å². The van der Waals surface area contributed by atoms with Gasteiger partial charge in [-0.25, -0.2) is 4.39 Å². The molecule has 0 nitrogen and oxygen atoms in total.